The number of nitrogens with two attached hydrogens (primary N) is 1. The molecule has 0 bridgehead atoms. The molecule has 1 fully saturated rings. The largest absolute Gasteiger partial charge is 0.384 e. The van der Waals surface area contributed by atoms with Gasteiger partial charge in [-0.15, -0.1) is 0 Å². The molecule has 1 aliphatic rings. The summed E-state index contributed by atoms with van der Waals surface area (Å²) in [6.45, 7) is 4.19. The van der Waals surface area contributed by atoms with Crippen LogP contribution in [0.4, 0.5) is 5.82 Å². The van der Waals surface area contributed by atoms with Gasteiger partial charge in [-0.05, 0) is 32.6 Å². The molecule has 0 amide bonds. The van der Waals surface area contributed by atoms with Gasteiger partial charge in [-0.3, -0.25) is 0 Å². The third-order valence-corrected chi connectivity index (χ3v) is 2.72. The highest BCUT2D eigenvalue weighted by Gasteiger charge is 2.30. The zero-order valence-electron chi connectivity index (χ0n) is 7.62. The molecule has 1 heterocycles. The molecular formula is C9H15N3. The highest BCUT2D eigenvalue weighted by molar-refractivity contribution is 5.37. The van der Waals surface area contributed by atoms with Crippen LogP contribution < -0.4 is 5.73 Å². The monoisotopic (exact) mass is 165 g/mol. The Hall–Kier alpha value is -0.990. The Morgan fingerprint density at radius 3 is 2.75 bits per heavy atom. The zero-order valence-corrected chi connectivity index (χ0v) is 7.62. The highest BCUT2D eigenvalue weighted by atomic mass is 15.3. The van der Waals surface area contributed by atoms with Crippen molar-refractivity contribution < 1.29 is 0 Å². The Morgan fingerprint density at radius 1 is 1.67 bits per heavy atom. The first-order valence-electron chi connectivity index (χ1n) is 4.49. The van der Waals surface area contributed by atoms with E-state index >= 15 is 0 Å². The van der Waals surface area contributed by atoms with Gasteiger partial charge >= 0.3 is 0 Å². The lowest BCUT2D eigenvalue weighted by Crippen LogP contribution is -2.11. The van der Waals surface area contributed by atoms with Crippen LogP contribution in [0.2, 0.25) is 0 Å². The summed E-state index contributed by atoms with van der Waals surface area (Å²) in [5, 5.41) is 4.27. The molecule has 12 heavy (non-hydrogen) atoms. The lowest BCUT2D eigenvalue weighted by Gasteiger charge is -2.12. The maximum Gasteiger partial charge on any atom is 0.124 e. The van der Waals surface area contributed by atoms with Gasteiger partial charge in [-0.1, -0.05) is 0 Å². The van der Waals surface area contributed by atoms with Crippen LogP contribution in [-0.4, -0.2) is 9.78 Å². The van der Waals surface area contributed by atoms with Gasteiger partial charge in [-0.25, -0.2) is 4.68 Å². The first-order valence-corrected chi connectivity index (χ1v) is 4.49. The average Bonchev–Trinajstić information content (AvgIpc) is 2.82. The average molecular weight is 165 g/mol. The molecule has 0 aromatic carbocycles. The molecule has 0 radical (unpaired) electrons. The van der Waals surface area contributed by atoms with Gasteiger partial charge < -0.3 is 5.73 Å². The molecule has 3 nitrogen and oxygen atoms in total. The summed E-state index contributed by atoms with van der Waals surface area (Å²) in [6, 6.07) is 0.485. The van der Waals surface area contributed by atoms with Crippen molar-refractivity contribution in [2.45, 2.75) is 32.7 Å². The van der Waals surface area contributed by atoms with E-state index in [0.29, 0.717) is 6.04 Å². The van der Waals surface area contributed by atoms with Gasteiger partial charge in [0.25, 0.3) is 0 Å². The molecule has 0 saturated heterocycles. The van der Waals surface area contributed by atoms with Crippen LogP contribution in [0.15, 0.2) is 6.20 Å². The predicted molar refractivity (Wildman–Crippen MR) is 48.8 cm³/mol. The minimum absolute atomic E-state index is 0.485. The topological polar surface area (TPSA) is 43.8 Å². The van der Waals surface area contributed by atoms with Crippen molar-refractivity contribution in [3.05, 3.63) is 11.8 Å². The van der Waals surface area contributed by atoms with E-state index in [4.69, 9.17) is 5.73 Å². The van der Waals surface area contributed by atoms with Crippen LogP contribution in [0.1, 0.15) is 31.4 Å². The number of rotatable bonds is 2. The van der Waals surface area contributed by atoms with Crippen LogP contribution in [0.5, 0.6) is 0 Å². The van der Waals surface area contributed by atoms with Crippen LogP contribution in [-0.2, 0) is 0 Å². The SMILES string of the molecule is Cc1cnn([C@H](C)C2CC2)c1N. The molecule has 2 rings (SSSR count). The molecule has 2 N–H and O–H groups in total. The van der Waals surface area contributed by atoms with Crippen LogP contribution >= 0.6 is 0 Å². The molecule has 1 saturated carbocycles. The van der Waals surface area contributed by atoms with Crippen molar-refractivity contribution in [1.29, 1.82) is 0 Å². The summed E-state index contributed by atoms with van der Waals surface area (Å²) in [4.78, 5) is 0. The number of aromatic nitrogens is 2. The Morgan fingerprint density at radius 2 is 2.33 bits per heavy atom. The van der Waals surface area contributed by atoms with Gasteiger partial charge in [-0.2, -0.15) is 5.10 Å². The number of nitrogen functional groups attached to an aromatic ring is 1. The summed E-state index contributed by atoms with van der Waals surface area (Å²) in [6.07, 6.45) is 4.51. The van der Waals surface area contributed by atoms with Gasteiger partial charge in [0.15, 0.2) is 0 Å². The Balaban J connectivity index is 2.25. The molecular weight excluding hydrogens is 150 g/mol. The summed E-state index contributed by atoms with van der Waals surface area (Å²) < 4.78 is 1.95. The molecule has 1 aromatic rings. The molecule has 66 valence electrons. The van der Waals surface area contributed by atoms with E-state index < -0.39 is 0 Å². The summed E-state index contributed by atoms with van der Waals surface area (Å²) >= 11 is 0. The second-order valence-electron chi connectivity index (χ2n) is 3.74. The van der Waals surface area contributed by atoms with Gasteiger partial charge in [0.05, 0.1) is 12.2 Å². The number of hydrogen-bond donors (Lipinski definition) is 1. The number of nitrogens with zero attached hydrogens (tertiary/aromatic N) is 2. The second kappa shape index (κ2) is 2.51. The summed E-state index contributed by atoms with van der Waals surface area (Å²) in [5.74, 6) is 1.64. The summed E-state index contributed by atoms with van der Waals surface area (Å²) in [5.41, 5.74) is 6.96. The number of aryl methyl sites for hydroxylation is 1. The Labute approximate surface area is 72.6 Å². The fourth-order valence-corrected chi connectivity index (χ4v) is 1.56. The maximum atomic E-state index is 5.87. The van der Waals surface area contributed by atoms with Crippen molar-refractivity contribution in [1.82, 2.24) is 9.78 Å². The third-order valence-electron chi connectivity index (χ3n) is 2.72. The Bertz CT molecular complexity index is 286. The van der Waals surface area contributed by atoms with E-state index in [1.807, 2.05) is 17.8 Å². The van der Waals surface area contributed by atoms with Crippen molar-refractivity contribution in [3.8, 4) is 0 Å². The minimum Gasteiger partial charge on any atom is -0.384 e. The van der Waals surface area contributed by atoms with Crippen LogP contribution in [0.25, 0.3) is 0 Å². The molecule has 1 atom stereocenters. The molecule has 0 spiro atoms. The van der Waals surface area contributed by atoms with Gasteiger partial charge in [0.1, 0.15) is 5.82 Å². The van der Waals surface area contributed by atoms with Crippen molar-refractivity contribution in [3.63, 3.8) is 0 Å². The van der Waals surface area contributed by atoms with E-state index in [2.05, 4.69) is 12.0 Å². The van der Waals surface area contributed by atoms with Gasteiger partial charge in [0, 0.05) is 5.56 Å². The normalized spacial score (nSPS) is 19.5. The van der Waals surface area contributed by atoms with E-state index in [1.54, 1.807) is 0 Å². The molecule has 0 aliphatic heterocycles. The number of anilines is 1. The standard InChI is InChI=1S/C9H15N3/c1-6-5-11-12(9(6)10)7(2)8-3-4-8/h5,7-8H,3-4,10H2,1-2H3/t7-/m1/s1. The lowest BCUT2D eigenvalue weighted by molar-refractivity contribution is 0.446. The molecule has 3 heteroatoms. The maximum absolute atomic E-state index is 5.87. The molecule has 0 unspecified atom stereocenters. The number of hydrogen-bond acceptors (Lipinski definition) is 2. The second-order valence-corrected chi connectivity index (χ2v) is 3.74. The van der Waals surface area contributed by atoms with E-state index in [-0.39, 0.29) is 0 Å². The van der Waals surface area contributed by atoms with Crippen LogP contribution in [0, 0.1) is 12.8 Å². The highest BCUT2D eigenvalue weighted by Crippen LogP contribution is 2.40. The predicted octanol–water partition coefficient (Wildman–Crippen LogP) is 1.74. The first kappa shape index (κ1) is 7.65. The molecule has 1 aliphatic carbocycles. The van der Waals surface area contributed by atoms with Crippen LogP contribution in [0.3, 0.4) is 0 Å². The third kappa shape index (κ3) is 1.09. The van der Waals surface area contributed by atoms with Crippen molar-refractivity contribution in [2.24, 2.45) is 5.92 Å². The Kier molecular flexibility index (Phi) is 1.60. The quantitative estimate of drug-likeness (QED) is 0.725. The zero-order chi connectivity index (χ0) is 8.72. The van der Waals surface area contributed by atoms with Gasteiger partial charge in [0.2, 0.25) is 0 Å². The van der Waals surface area contributed by atoms with Crippen molar-refractivity contribution in [2.75, 3.05) is 5.73 Å². The van der Waals surface area contributed by atoms with Crippen molar-refractivity contribution >= 4 is 5.82 Å². The smallest absolute Gasteiger partial charge is 0.124 e. The lowest BCUT2D eigenvalue weighted by atomic mass is 10.2. The fraction of sp³-hybridized carbons (Fsp3) is 0.667. The van der Waals surface area contributed by atoms with E-state index in [1.165, 1.54) is 12.8 Å². The fourth-order valence-electron chi connectivity index (χ4n) is 1.56. The van der Waals surface area contributed by atoms with E-state index in [9.17, 15) is 0 Å². The molecule has 1 aromatic heterocycles. The first-order chi connectivity index (χ1) is 5.70. The minimum atomic E-state index is 0.485. The summed E-state index contributed by atoms with van der Waals surface area (Å²) in [7, 11) is 0. The van der Waals surface area contributed by atoms with E-state index in [0.717, 1.165) is 17.3 Å².